The summed E-state index contributed by atoms with van der Waals surface area (Å²) in [5.74, 6) is 0. The number of nitrogens with zero attached hydrogens (tertiary/aromatic N) is 2. The molecule has 0 bridgehead atoms. The van der Waals surface area contributed by atoms with Crippen LogP contribution in [0.25, 0.3) is 23.3 Å². The molecule has 0 amide bonds. The van der Waals surface area contributed by atoms with Gasteiger partial charge in [0.05, 0.1) is 5.41 Å². The Morgan fingerprint density at radius 3 is 0.846 bits per heavy atom. The lowest BCUT2D eigenvalue weighted by Crippen LogP contribution is -2.31. The molecule has 0 saturated heterocycles. The van der Waals surface area contributed by atoms with Crippen LogP contribution >= 0.6 is 0 Å². The maximum Gasteiger partial charge on any atom is 0.0726 e. The molecular weight excluding hydrogens is 785 g/mol. The van der Waals surface area contributed by atoms with Crippen LogP contribution in [0, 0.1) is 83.1 Å². The Hall–Kier alpha value is -6.90. The molecule has 8 aromatic carbocycles. The average molecular weight is 845 g/mol. The van der Waals surface area contributed by atoms with Crippen molar-refractivity contribution in [2.75, 3.05) is 9.80 Å². The number of rotatable bonds is 6. The average Bonchev–Trinajstić information content (AvgIpc) is 3.51. The van der Waals surface area contributed by atoms with Crippen LogP contribution in [0.4, 0.5) is 34.1 Å². The van der Waals surface area contributed by atoms with E-state index >= 15 is 0 Å². The van der Waals surface area contributed by atoms with Crippen LogP contribution in [0.3, 0.4) is 0 Å². The molecule has 0 aliphatic heterocycles. The van der Waals surface area contributed by atoms with E-state index in [1.54, 1.807) is 0 Å². The second-order valence-electron chi connectivity index (χ2n) is 19.2. The number of anilines is 6. The highest BCUT2D eigenvalue weighted by Gasteiger charge is 2.50. The molecule has 65 heavy (non-hydrogen) atoms. The van der Waals surface area contributed by atoms with Gasteiger partial charge in [-0.3, -0.25) is 0 Å². The van der Waals surface area contributed by atoms with Crippen LogP contribution in [0.2, 0.25) is 0 Å². The van der Waals surface area contributed by atoms with Gasteiger partial charge in [0.25, 0.3) is 0 Å². The van der Waals surface area contributed by atoms with E-state index in [9.17, 15) is 0 Å². The predicted octanol–water partition coefficient (Wildman–Crippen LogP) is 17.2. The summed E-state index contributed by atoms with van der Waals surface area (Å²) in [4.78, 5) is 4.94. The predicted molar refractivity (Wildman–Crippen MR) is 279 cm³/mol. The van der Waals surface area contributed by atoms with Crippen molar-refractivity contribution >= 4 is 46.3 Å². The molecular formula is C63H60N2. The van der Waals surface area contributed by atoms with Crippen molar-refractivity contribution < 1.29 is 0 Å². The Balaban J connectivity index is 1.33. The molecule has 0 unspecified atom stereocenters. The third-order valence-electron chi connectivity index (χ3n) is 15.4. The Morgan fingerprint density at radius 1 is 0.262 bits per heavy atom. The number of benzene rings is 8. The smallest absolute Gasteiger partial charge is 0.0726 e. The zero-order valence-corrected chi connectivity index (χ0v) is 40.3. The highest BCUT2D eigenvalue weighted by atomic mass is 15.1. The number of hydrogen-bond acceptors (Lipinski definition) is 2. The van der Waals surface area contributed by atoms with Gasteiger partial charge in [-0.2, -0.15) is 0 Å². The van der Waals surface area contributed by atoms with Gasteiger partial charge in [0.15, 0.2) is 0 Å². The number of fused-ring (bicyclic) bond motifs is 9. The summed E-state index contributed by atoms with van der Waals surface area (Å²) in [6.07, 6.45) is 4.74. The summed E-state index contributed by atoms with van der Waals surface area (Å²) in [7, 11) is 0. The van der Waals surface area contributed by atoms with E-state index < -0.39 is 5.41 Å². The van der Waals surface area contributed by atoms with E-state index in [1.165, 1.54) is 111 Å². The molecule has 0 saturated carbocycles. The Morgan fingerprint density at radius 2 is 0.538 bits per heavy atom. The normalized spacial score (nSPS) is 13.0. The first-order valence-corrected chi connectivity index (χ1v) is 23.3. The fraction of sp³-hybridized carbons (Fsp3) is 0.206. The Kier molecular flexibility index (Phi) is 10.1. The van der Waals surface area contributed by atoms with Gasteiger partial charge in [-0.05, 0) is 267 Å². The quantitative estimate of drug-likeness (QED) is 0.165. The highest BCUT2D eigenvalue weighted by molar-refractivity contribution is 5.96. The molecule has 0 fully saturated rings. The third kappa shape index (κ3) is 6.60. The number of aryl methyl sites for hydroxylation is 10. The molecule has 0 aromatic heterocycles. The minimum atomic E-state index is -0.655. The molecule has 0 N–H and O–H groups in total. The standard InChI is InChI=1S/C63H60N2/c1-37-13-23-51(31-43(37)7)64(52-24-14-38(2)44(8)32-52)55-27-21-49-19-20-50-22-28-56(65(53-25-15-39(3)45(9)33-53)54-26-16-40(4)46(10)34-54)36-60(50)63(59(49)35-55)57-29-17-41(5)47(11)61(57)62-48(12)42(6)18-30-58(62)63/h13-36H,1-12H3. The van der Waals surface area contributed by atoms with E-state index in [4.69, 9.17) is 0 Å². The molecule has 0 heterocycles. The zero-order valence-electron chi connectivity index (χ0n) is 40.3. The van der Waals surface area contributed by atoms with Crippen LogP contribution in [-0.4, -0.2) is 0 Å². The second-order valence-corrected chi connectivity index (χ2v) is 19.2. The van der Waals surface area contributed by atoms with Gasteiger partial charge in [0, 0.05) is 34.1 Å². The van der Waals surface area contributed by atoms with Crippen LogP contribution < -0.4 is 9.80 Å². The molecule has 10 rings (SSSR count). The van der Waals surface area contributed by atoms with Crippen molar-refractivity contribution in [2.24, 2.45) is 0 Å². The summed E-state index contributed by atoms with van der Waals surface area (Å²) in [5, 5.41) is 0. The largest absolute Gasteiger partial charge is 0.310 e. The van der Waals surface area contributed by atoms with Crippen LogP contribution in [-0.2, 0) is 5.41 Å². The Labute approximate surface area is 387 Å². The van der Waals surface area contributed by atoms with Crippen molar-refractivity contribution in [3.8, 4) is 11.1 Å². The molecule has 2 aliphatic rings. The van der Waals surface area contributed by atoms with Gasteiger partial charge >= 0.3 is 0 Å². The maximum atomic E-state index is 2.53. The van der Waals surface area contributed by atoms with Gasteiger partial charge < -0.3 is 9.80 Å². The summed E-state index contributed by atoms with van der Waals surface area (Å²) < 4.78 is 0. The van der Waals surface area contributed by atoms with E-state index in [2.05, 4.69) is 238 Å². The molecule has 0 radical (unpaired) electrons. The SMILES string of the molecule is Cc1ccc(N(c2ccc(C)c(C)c2)c2ccc3c(c2)C2(c4cc(N(c5ccc(C)c(C)c5)c5ccc(C)c(C)c5)ccc4C=C3)c3ccc(C)c(C)c3-c3c2ccc(C)c3C)cc1C. The lowest BCUT2D eigenvalue weighted by molar-refractivity contribution is 0.764. The van der Waals surface area contributed by atoms with Crippen molar-refractivity contribution in [1.29, 1.82) is 0 Å². The van der Waals surface area contributed by atoms with Gasteiger partial charge in [-0.1, -0.05) is 72.8 Å². The molecule has 2 nitrogen and oxygen atoms in total. The van der Waals surface area contributed by atoms with Gasteiger partial charge in [0.1, 0.15) is 0 Å². The summed E-state index contributed by atoms with van der Waals surface area (Å²) >= 11 is 0. The van der Waals surface area contributed by atoms with Crippen molar-refractivity contribution in [1.82, 2.24) is 0 Å². The molecule has 2 aliphatic carbocycles. The fourth-order valence-corrected chi connectivity index (χ4v) is 10.6. The first-order valence-electron chi connectivity index (χ1n) is 23.3. The topological polar surface area (TPSA) is 6.48 Å². The first-order chi connectivity index (χ1) is 31.2. The van der Waals surface area contributed by atoms with E-state index in [1.807, 2.05) is 0 Å². The van der Waals surface area contributed by atoms with Crippen molar-refractivity contribution in [3.63, 3.8) is 0 Å². The van der Waals surface area contributed by atoms with E-state index in [-0.39, 0.29) is 0 Å². The van der Waals surface area contributed by atoms with Crippen LogP contribution in [0.15, 0.2) is 133 Å². The lowest BCUT2D eigenvalue weighted by atomic mass is 9.65. The minimum absolute atomic E-state index is 0.655. The van der Waals surface area contributed by atoms with Crippen LogP contribution in [0.5, 0.6) is 0 Å². The highest BCUT2D eigenvalue weighted by Crippen LogP contribution is 2.61. The summed E-state index contributed by atoms with van der Waals surface area (Å²) in [6.45, 7) is 26.9. The second kappa shape index (κ2) is 15.7. The summed E-state index contributed by atoms with van der Waals surface area (Å²) in [6, 6.07) is 51.7. The van der Waals surface area contributed by atoms with Crippen molar-refractivity contribution in [3.05, 3.63) is 234 Å². The number of hydrogen-bond donors (Lipinski definition) is 0. The van der Waals surface area contributed by atoms with E-state index in [0.717, 1.165) is 34.1 Å². The molecule has 0 atom stereocenters. The summed E-state index contributed by atoms with van der Waals surface area (Å²) in [5.41, 5.74) is 32.3. The van der Waals surface area contributed by atoms with E-state index in [0.29, 0.717) is 0 Å². The third-order valence-corrected chi connectivity index (χ3v) is 15.4. The molecule has 2 heteroatoms. The first kappa shape index (κ1) is 42.1. The monoisotopic (exact) mass is 844 g/mol. The maximum absolute atomic E-state index is 2.53. The molecule has 322 valence electrons. The fourth-order valence-electron chi connectivity index (χ4n) is 10.6. The van der Waals surface area contributed by atoms with Crippen molar-refractivity contribution in [2.45, 2.75) is 88.5 Å². The van der Waals surface area contributed by atoms with Gasteiger partial charge in [0.2, 0.25) is 0 Å². The lowest BCUT2D eigenvalue weighted by Gasteiger charge is -2.38. The van der Waals surface area contributed by atoms with Gasteiger partial charge in [-0.15, -0.1) is 0 Å². The molecule has 1 spiro atoms. The van der Waals surface area contributed by atoms with Crippen LogP contribution in [0.1, 0.15) is 100 Å². The molecule has 8 aromatic rings. The zero-order chi connectivity index (χ0) is 45.6. The Bertz CT molecular complexity index is 2980. The van der Waals surface area contributed by atoms with Gasteiger partial charge in [-0.25, -0.2) is 0 Å². The minimum Gasteiger partial charge on any atom is -0.310 e.